The number of aliphatic hydroxyl groups excluding tert-OH is 4. The van der Waals surface area contributed by atoms with E-state index < -0.39 is 37.3 Å². The number of hydrogen-bond acceptors (Lipinski definition) is 7. The smallest absolute Gasteiger partial charge is 0.229 e. The summed E-state index contributed by atoms with van der Waals surface area (Å²) in [6.45, 7) is 1.57. The Morgan fingerprint density at radius 1 is 1.09 bits per heavy atom. The molecule has 0 unspecified atom stereocenters. The molecule has 1 fully saturated rings. The highest BCUT2D eigenvalue weighted by atomic mass is 16.7. The van der Waals surface area contributed by atoms with Crippen molar-refractivity contribution < 1.29 is 34.6 Å². The number of ether oxygens (including phenoxy) is 3. The van der Waals surface area contributed by atoms with Crippen molar-refractivity contribution >= 4 is 0 Å². The highest BCUT2D eigenvalue weighted by Crippen LogP contribution is 2.32. The molecule has 4 N–H and O–H groups in total. The summed E-state index contributed by atoms with van der Waals surface area (Å²) >= 11 is 0. The first-order valence-electron chi connectivity index (χ1n) is 7.65. The zero-order valence-corrected chi connectivity index (χ0v) is 13.3. The van der Waals surface area contributed by atoms with Gasteiger partial charge in [-0.05, 0) is 24.1 Å². The van der Waals surface area contributed by atoms with Crippen molar-refractivity contribution in [3.8, 4) is 11.5 Å². The average molecular weight is 328 g/mol. The van der Waals surface area contributed by atoms with Crippen molar-refractivity contribution in [1.82, 2.24) is 0 Å². The van der Waals surface area contributed by atoms with E-state index >= 15 is 0 Å². The first-order valence-corrected chi connectivity index (χ1v) is 7.65. The SMILES string of the molecule is CCCc1ccc(O[C@@H]2O[C@H](CO)[C@@H](O)[C@H](O)[C@H]2O)c(OC)c1. The van der Waals surface area contributed by atoms with Crippen LogP contribution in [0.1, 0.15) is 18.9 Å². The minimum Gasteiger partial charge on any atom is -0.493 e. The van der Waals surface area contributed by atoms with Gasteiger partial charge >= 0.3 is 0 Å². The number of rotatable bonds is 6. The molecule has 1 aliphatic rings. The van der Waals surface area contributed by atoms with Gasteiger partial charge in [0.25, 0.3) is 0 Å². The molecule has 0 aromatic heterocycles. The van der Waals surface area contributed by atoms with E-state index in [0.717, 1.165) is 18.4 Å². The Bertz CT molecular complexity index is 505. The number of aryl methyl sites for hydroxylation is 1. The molecule has 130 valence electrons. The van der Waals surface area contributed by atoms with Crippen LogP contribution in [0.4, 0.5) is 0 Å². The monoisotopic (exact) mass is 328 g/mol. The van der Waals surface area contributed by atoms with Gasteiger partial charge in [-0.2, -0.15) is 0 Å². The third-order valence-electron chi connectivity index (χ3n) is 3.86. The summed E-state index contributed by atoms with van der Waals surface area (Å²) in [5, 5.41) is 38.7. The van der Waals surface area contributed by atoms with E-state index in [1.54, 1.807) is 6.07 Å². The molecule has 2 rings (SSSR count). The van der Waals surface area contributed by atoms with E-state index in [9.17, 15) is 20.4 Å². The zero-order chi connectivity index (χ0) is 17.0. The van der Waals surface area contributed by atoms with E-state index in [0.29, 0.717) is 11.5 Å². The van der Waals surface area contributed by atoms with Crippen LogP contribution in [0.3, 0.4) is 0 Å². The standard InChI is InChI=1S/C16H24O7/c1-3-4-9-5-6-10(11(7-9)21-2)22-16-15(20)14(19)13(18)12(8-17)23-16/h5-7,12-20H,3-4,8H2,1-2H3/t12-,13-,14+,15-,16-/m1/s1. The fourth-order valence-corrected chi connectivity index (χ4v) is 2.54. The summed E-state index contributed by atoms with van der Waals surface area (Å²) in [6.07, 6.45) is -4.68. The fourth-order valence-electron chi connectivity index (χ4n) is 2.54. The van der Waals surface area contributed by atoms with Gasteiger partial charge in [0.05, 0.1) is 13.7 Å². The molecule has 0 bridgehead atoms. The van der Waals surface area contributed by atoms with Gasteiger partial charge in [-0.3, -0.25) is 0 Å². The molecule has 1 aromatic carbocycles. The fraction of sp³-hybridized carbons (Fsp3) is 0.625. The highest BCUT2D eigenvalue weighted by molar-refractivity contribution is 5.43. The van der Waals surface area contributed by atoms with Crippen molar-refractivity contribution in [2.45, 2.75) is 50.5 Å². The van der Waals surface area contributed by atoms with E-state index in [4.69, 9.17) is 14.2 Å². The average Bonchev–Trinajstić information content (AvgIpc) is 2.56. The summed E-state index contributed by atoms with van der Waals surface area (Å²) in [6, 6.07) is 5.42. The Morgan fingerprint density at radius 2 is 1.83 bits per heavy atom. The topological polar surface area (TPSA) is 109 Å². The quantitative estimate of drug-likeness (QED) is 0.574. The second-order valence-corrected chi connectivity index (χ2v) is 5.55. The Balaban J connectivity index is 2.17. The Labute approximate surface area is 135 Å². The van der Waals surface area contributed by atoms with Crippen molar-refractivity contribution in [2.75, 3.05) is 13.7 Å². The lowest BCUT2D eigenvalue weighted by molar-refractivity contribution is -0.277. The molecular formula is C16H24O7. The predicted molar refractivity (Wildman–Crippen MR) is 81.4 cm³/mol. The summed E-state index contributed by atoms with van der Waals surface area (Å²) in [7, 11) is 1.51. The molecule has 0 spiro atoms. The predicted octanol–water partition coefficient (Wildman–Crippen LogP) is -0.174. The molecule has 7 heteroatoms. The van der Waals surface area contributed by atoms with E-state index in [1.165, 1.54) is 7.11 Å². The lowest BCUT2D eigenvalue weighted by Crippen LogP contribution is -2.60. The van der Waals surface area contributed by atoms with E-state index in [2.05, 4.69) is 6.92 Å². The first kappa shape index (κ1) is 18.0. The molecule has 23 heavy (non-hydrogen) atoms. The van der Waals surface area contributed by atoms with Gasteiger partial charge in [0.2, 0.25) is 6.29 Å². The Kier molecular flexibility index (Phi) is 6.20. The lowest BCUT2D eigenvalue weighted by Gasteiger charge is -2.39. The summed E-state index contributed by atoms with van der Waals surface area (Å²) in [5.41, 5.74) is 1.09. The lowest BCUT2D eigenvalue weighted by atomic mass is 9.99. The van der Waals surface area contributed by atoms with Crippen LogP contribution in [0.15, 0.2) is 18.2 Å². The van der Waals surface area contributed by atoms with Crippen molar-refractivity contribution in [3.05, 3.63) is 23.8 Å². The first-order chi connectivity index (χ1) is 11.0. The third kappa shape index (κ3) is 3.94. The largest absolute Gasteiger partial charge is 0.493 e. The Hall–Kier alpha value is -1.38. The molecule has 0 radical (unpaired) electrons. The maximum atomic E-state index is 10.0. The molecule has 0 amide bonds. The van der Waals surface area contributed by atoms with Crippen molar-refractivity contribution in [2.24, 2.45) is 0 Å². The van der Waals surface area contributed by atoms with Crippen LogP contribution < -0.4 is 9.47 Å². The van der Waals surface area contributed by atoms with Gasteiger partial charge in [-0.15, -0.1) is 0 Å². The molecule has 1 saturated heterocycles. The zero-order valence-electron chi connectivity index (χ0n) is 13.3. The van der Waals surface area contributed by atoms with Crippen LogP contribution in [0.2, 0.25) is 0 Å². The van der Waals surface area contributed by atoms with E-state index in [-0.39, 0.29) is 0 Å². The van der Waals surface area contributed by atoms with Gasteiger partial charge in [-0.1, -0.05) is 19.4 Å². The minimum absolute atomic E-state index is 0.344. The maximum Gasteiger partial charge on any atom is 0.229 e. The van der Waals surface area contributed by atoms with Crippen LogP contribution in [-0.2, 0) is 11.2 Å². The van der Waals surface area contributed by atoms with Crippen LogP contribution in [-0.4, -0.2) is 64.8 Å². The van der Waals surface area contributed by atoms with Crippen LogP contribution in [0.25, 0.3) is 0 Å². The molecule has 1 aliphatic heterocycles. The summed E-state index contributed by atoms with van der Waals surface area (Å²) < 4.78 is 16.2. The highest BCUT2D eigenvalue weighted by Gasteiger charge is 2.44. The molecule has 7 nitrogen and oxygen atoms in total. The second kappa shape index (κ2) is 7.94. The summed E-state index contributed by atoms with van der Waals surface area (Å²) in [4.78, 5) is 0. The molecule has 1 aromatic rings. The van der Waals surface area contributed by atoms with Gasteiger partial charge in [0.15, 0.2) is 11.5 Å². The molecule has 5 atom stereocenters. The molecular weight excluding hydrogens is 304 g/mol. The third-order valence-corrected chi connectivity index (χ3v) is 3.86. The normalized spacial score (nSPS) is 31.0. The second-order valence-electron chi connectivity index (χ2n) is 5.55. The van der Waals surface area contributed by atoms with Gasteiger partial charge in [0.1, 0.15) is 24.4 Å². The minimum atomic E-state index is -1.48. The van der Waals surface area contributed by atoms with Gasteiger partial charge < -0.3 is 34.6 Å². The van der Waals surface area contributed by atoms with Crippen LogP contribution in [0, 0.1) is 0 Å². The van der Waals surface area contributed by atoms with Crippen LogP contribution in [0.5, 0.6) is 11.5 Å². The van der Waals surface area contributed by atoms with Gasteiger partial charge in [0, 0.05) is 0 Å². The Morgan fingerprint density at radius 3 is 2.43 bits per heavy atom. The molecule has 0 aliphatic carbocycles. The maximum absolute atomic E-state index is 10.0. The molecule has 0 saturated carbocycles. The number of benzene rings is 1. The number of methoxy groups -OCH3 is 1. The summed E-state index contributed by atoms with van der Waals surface area (Å²) in [5.74, 6) is 0.824. The number of aliphatic hydroxyl groups is 4. The van der Waals surface area contributed by atoms with Gasteiger partial charge in [-0.25, -0.2) is 0 Å². The van der Waals surface area contributed by atoms with Crippen LogP contribution >= 0.6 is 0 Å². The number of hydrogen-bond donors (Lipinski definition) is 4. The molecule has 1 heterocycles. The van der Waals surface area contributed by atoms with Crippen molar-refractivity contribution in [3.63, 3.8) is 0 Å². The van der Waals surface area contributed by atoms with E-state index in [1.807, 2.05) is 12.1 Å². The van der Waals surface area contributed by atoms with Crippen molar-refractivity contribution in [1.29, 1.82) is 0 Å².